The van der Waals surface area contributed by atoms with Gasteiger partial charge in [0.05, 0.1) is 39.6 Å². The number of rotatable bonds is 16. The first-order valence-electron chi connectivity index (χ1n) is 7.47. The largest absolute Gasteiger partial charge is 0.480 e. The van der Waals surface area contributed by atoms with Crippen molar-refractivity contribution in [2.75, 3.05) is 52.9 Å². The van der Waals surface area contributed by atoms with Crippen molar-refractivity contribution in [3.8, 4) is 0 Å². The molecule has 3 N–H and O–H groups in total. The van der Waals surface area contributed by atoms with Crippen LogP contribution in [0.15, 0.2) is 0 Å². The number of unbranched alkanes of at least 4 members (excludes halogenated alkanes) is 1. The van der Waals surface area contributed by atoms with Crippen molar-refractivity contribution in [3.63, 3.8) is 0 Å². The molecule has 0 aliphatic rings. The zero-order valence-corrected chi connectivity index (χ0v) is 12.9. The molecule has 0 radical (unpaired) electrons. The Morgan fingerprint density at radius 1 is 0.905 bits per heavy atom. The smallest absolute Gasteiger partial charge is 0.320 e. The van der Waals surface area contributed by atoms with Gasteiger partial charge in [0, 0.05) is 13.2 Å². The van der Waals surface area contributed by atoms with E-state index in [0.29, 0.717) is 52.7 Å². The maximum atomic E-state index is 10.4. The molecular weight excluding hydrogens is 278 g/mol. The summed E-state index contributed by atoms with van der Waals surface area (Å²) in [6.45, 7) is 6.35. The van der Waals surface area contributed by atoms with Gasteiger partial charge in [-0.15, -0.1) is 0 Å². The maximum absolute atomic E-state index is 10.4. The van der Waals surface area contributed by atoms with Gasteiger partial charge in [-0.1, -0.05) is 13.3 Å². The molecule has 126 valence electrons. The van der Waals surface area contributed by atoms with Crippen LogP contribution in [-0.2, 0) is 23.7 Å². The van der Waals surface area contributed by atoms with Crippen LogP contribution in [0, 0.1) is 0 Å². The summed E-state index contributed by atoms with van der Waals surface area (Å²) in [4.78, 5) is 10.4. The highest BCUT2D eigenvalue weighted by molar-refractivity contribution is 5.72. The Hall–Kier alpha value is -0.730. The Labute approximate surface area is 126 Å². The second-order valence-electron chi connectivity index (χ2n) is 4.54. The normalized spacial score (nSPS) is 12.5. The predicted molar refractivity (Wildman–Crippen MR) is 78.4 cm³/mol. The van der Waals surface area contributed by atoms with E-state index in [1.165, 1.54) is 0 Å². The molecule has 7 heteroatoms. The van der Waals surface area contributed by atoms with Crippen LogP contribution in [0.25, 0.3) is 0 Å². The van der Waals surface area contributed by atoms with Crippen molar-refractivity contribution >= 4 is 5.97 Å². The van der Waals surface area contributed by atoms with Crippen molar-refractivity contribution in [2.24, 2.45) is 5.73 Å². The summed E-state index contributed by atoms with van der Waals surface area (Å²) < 4.78 is 21.2. The summed E-state index contributed by atoms with van der Waals surface area (Å²) in [6.07, 6.45) is 2.52. The molecule has 0 amide bonds. The van der Waals surface area contributed by atoms with Gasteiger partial charge in [0.25, 0.3) is 0 Å². The molecule has 0 rings (SSSR count). The minimum absolute atomic E-state index is 0.302. The molecule has 1 unspecified atom stereocenters. The fraction of sp³-hybridized carbons (Fsp3) is 0.929. The summed E-state index contributed by atoms with van der Waals surface area (Å²) in [5, 5.41) is 8.56. The second kappa shape index (κ2) is 15.7. The lowest BCUT2D eigenvalue weighted by Gasteiger charge is -2.08. The van der Waals surface area contributed by atoms with E-state index < -0.39 is 12.0 Å². The molecule has 1 atom stereocenters. The lowest BCUT2D eigenvalue weighted by Crippen LogP contribution is -2.31. The van der Waals surface area contributed by atoms with E-state index in [0.717, 1.165) is 19.4 Å². The SMILES string of the molecule is CCCCOCCOCCOCCOCCC(N)C(=O)O. The van der Waals surface area contributed by atoms with Crippen molar-refractivity contribution in [1.29, 1.82) is 0 Å². The molecule has 0 saturated heterocycles. The van der Waals surface area contributed by atoms with Gasteiger partial charge in [-0.3, -0.25) is 4.79 Å². The van der Waals surface area contributed by atoms with Gasteiger partial charge in [0.1, 0.15) is 6.04 Å². The number of ether oxygens (including phenoxy) is 4. The number of aliphatic carboxylic acids is 1. The molecule has 0 aromatic heterocycles. The lowest BCUT2D eigenvalue weighted by atomic mass is 10.2. The Balaban J connectivity index is 3.04. The van der Waals surface area contributed by atoms with Crippen LogP contribution < -0.4 is 5.73 Å². The summed E-state index contributed by atoms with van der Waals surface area (Å²) in [7, 11) is 0. The quantitative estimate of drug-likeness (QED) is 0.404. The molecule has 0 aromatic carbocycles. The van der Waals surface area contributed by atoms with Gasteiger partial charge in [0.15, 0.2) is 0 Å². The number of carboxylic acid groups (broad SMARTS) is 1. The summed E-state index contributed by atoms with van der Waals surface area (Å²) in [5.41, 5.74) is 5.33. The Bertz CT molecular complexity index is 240. The van der Waals surface area contributed by atoms with Gasteiger partial charge < -0.3 is 29.8 Å². The fourth-order valence-electron chi connectivity index (χ4n) is 1.34. The van der Waals surface area contributed by atoms with Crippen LogP contribution in [0.1, 0.15) is 26.2 Å². The fourth-order valence-corrected chi connectivity index (χ4v) is 1.34. The number of carbonyl (C=O) groups is 1. The van der Waals surface area contributed by atoms with Crippen LogP contribution >= 0.6 is 0 Å². The molecular formula is C14H29NO6. The number of carboxylic acids is 1. The summed E-state index contributed by atoms with van der Waals surface area (Å²) in [5.74, 6) is -1.01. The molecule has 0 aliphatic heterocycles. The molecule has 0 aromatic rings. The summed E-state index contributed by atoms with van der Waals surface area (Å²) in [6, 6.07) is -0.862. The van der Waals surface area contributed by atoms with Crippen LogP contribution in [0.3, 0.4) is 0 Å². The first kappa shape index (κ1) is 20.3. The number of nitrogens with two attached hydrogens (primary N) is 1. The molecule has 0 aliphatic carbocycles. The van der Waals surface area contributed by atoms with Crippen molar-refractivity contribution in [3.05, 3.63) is 0 Å². The highest BCUT2D eigenvalue weighted by atomic mass is 16.6. The first-order valence-corrected chi connectivity index (χ1v) is 7.47. The minimum atomic E-state index is -1.01. The molecule has 0 spiro atoms. The Morgan fingerprint density at radius 3 is 1.76 bits per heavy atom. The average molecular weight is 307 g/mol. The van der Waals surface area contributed by atoms with Crippen LogP contribution in [-0.4, -0.2) is 70.0 Å². The van der Waals surface area contributed by atoms with Crippen LogP contribution in [0.4, 0.5) is 0 Å². The van der Waals surface area contributed by atoms with Gasteiger partial charge in [-0.2, -0.15) is 0 Å². The molecule has 7 nitrogen and oxygen atoms in total. The predicted octanol–water partition coefficient (Wildman–Crippen LogP) is 0.655. The van der Waals surface area contributed by atoms with Crippen molar-refractivity contribution in [1.82, 2.24) is 0 Å². The minimum Gasteiger partial charge on any atom is -0.480 e. The zero-order valence-electron chi connectivity index (χ0n) is 12.9. The van der Waals surface area contributed by atoms with Crippen LogP contribution in [0.5, 0.6) is 0 Å². The first-order chi connectivity index (χ1) is 10.2. The van der Waals surface area contributed by atoms with Gasteiger partial charge in [-0.25, -0.2) is 0 Å². The highest BCUT2D eigenvalue weighted by Crippen LogP contribution is 1.90. The standard InChI is InChI=1S/C14H29NO6/c1-2-3-5-18-7-9-20-11-12-21-10-8-19-6-4-13(15)14(16)17/h13H,2-12,15H2,1H3,(H,16,17). The van der Waals surface area contributed by atoms with E-state index in [-0.39, 0.29) is 0 Å². The Morgan fingerprint density at radius 2 is 1.33 bits per heavy atom. The Kier molecular flexibility index (Phi) is 15.1. The molecule has 0 fully saturated rings. The van der Waals surface area contributed by atoms with Gasteiger partial charge >= 0.3 is 5.97 Å². The highest BCUT2D eigenvalue weighted by Gasteiger charge is 2.09. The van der Waals surface area contributed by atoms with Gasteiger partial charge in [0.2, 0.25) is 0 Å². The summed E-state index contributed by atoms with van der Waals surface area (Å²) >= 11 is 0. The zero-order chi connectivity index (χ0) is 15.8. The van der Waals surface area contributed by atoms with E-state index in [2.05, 4.69) is 6.92 Å². The van der Waals surface area contributed by atoms with Crippen molar-refractivity contribution in [2.45, 2.75) is 32.2 Å². The van der Waals surface area contributed by atoms with Crippen molar-refractivity contribution < 1.29 is 28.8 Å². The monoisotopic (exact) mass is 307 g/mol. The van der Waals surface area contributed by atoms with Crippen LogP contribution in [0.2, 0.25) is 0 Å². The third-order valence-electron chi connectivity index (χ3n) is 2.65. The van der Waals surface area contributed by atoms with E-state index in [1.807, 2.05) is 0 Å². The average Bonchev–Trinajstić information content (AvgIpc) is 2.47. The third-order valence-corrected chi connectivity index (χ3v) is 2.65. The van der Waals surface area contributed by atoms with Gasteiger partial charge in [-0.05, 0) is 12.8 Å². The number of hydrogen-bond donors (Lipinski definition) is 2. The molecule has 0 saturated carbocycles. The molecule has 0 bridgehead atoms. The lowest BCUT2D eigenvalue weighted by molar-refractivity contribution is -0.139. The van der Waals surface area contributed by atoms with E-state index in [1.54, 1.807) is 0 Å². The second-order valence-corrected chi connectivity index (χ2v) is 4.54. The van der Waals surface area contributed by atoms with E-state index >= 15 is 0 Å². The molecule has 0 heterocycles. The van der Waals surface area contributed by atoms with E-state index in [9.17, 15) is 4.79 Å². The molecule has 21 heavy (non-hydrogen) atoms. The topological polar surface area (TPSA) is 100 Å². The maximum Gasteiger partial charge on any atom is 0.320 e. The number of hydrogen-bond acceptors (Lipinski definition) is 6. The van der Waals surface area contributed by atoms with E-state index in [4.69, 9.17) is 29.8 Å². The third kappa shape index (κ3) is 15.5.